The average Bonchev–Trinajstić information content (AvgIpc) is 2.77. The molecule has 0 heterocycles. The van der Waals surface area contributed by atoms with E-state index in [-0.39, 0.29) is 24.1 Å². The maximum absolute atomic E-state index is 12.6. The number of benzene rings is 2. The molecule has 0 N–H and O–H groups in total. The van der Waals surface area contributed by atoms with Gasteiger partial charge in [-0.3, -0.25) is 4.79 Å². The van der Waals surface area contributed by atoms with Gasteiger partial charge in [0.15, 0.2) is 0 Å². The summed E-state index contributed by atoms with van der Waals surface area (Å²) in [7, 11) is 3.20. The Morgan fingerprint density at radius 3 is 2.19 bits per heavy atom. The first-order chi connectivity index (χ1) is 15.1. The summed E-state index contributed by atoms with van der Waals surface area (Å²) in [6, 6.07) is 17.7. The fourth-order valence-corrected chi connectivity index (χ4v) is 4.30. The summed E-state index contributed by atoms with van der Waals surface area (Å²) in [5.41, 5.74) is 1.11. The number of halogens is 1. The van der Waals surface area contributed by atoms with Gasteiger partial charge < -0.3 is 14.4 Å². The van der Waals surface area contributed by atoms with Crippen LogP contribution in [0.2, 0.25) is 0 Å². The minimum atomic E-state index is -0.699. The Kier molecular flexibility index (Phi) is 9.55. The van der Waals surface area contributed by atoms with Crippen LogP contribution in [0.1, 0.15) is 51.2 Å². The molecular weight excluding hydrogens is 517 g/mol. The fraction of sp³-hybridized carbons (Fsp3) is 0.462. The van der Waals surface area contributed by atoms with E-state index >= 15 is 0 Å². The van der Waals surface area contributed by atoms with E-state index < -0.39 is 5.41 Å². The van der Waals surface area contributed by atoms with Crippen LogP contribution in [0, 0.1) is 8.99 Å². The van der Waals surface area contributed by atoms with E-state index in [4.69, 9.17) is 9.47 Å². The van der Waals surface area contributed by atoms with Crippen LogP contribution in [0.5, 0.6) is 0 Å². The van der Waals surface area contributed by atoms with Gasteiger partial charge in [0.05, 0.1) is 12.5 Å². The molecule has 0 spiro atoms. The van der Waals surface area contributed by atoms with Crippen LogP contribution < -0.4 is 0 Å². The molecule has 0 aromatic heterocycles. The van der Waals surface area contributed by atoms with E-state index in [0.717, 1.165) is 27.5 Å². The number of ether oxygens (including phenoxy) is 2. The van der Waals surface area contributed by atoms with Gasteiger partial charge in [0.25, 0.3) is 0 Å². The van der Waals surface area contributed by atoms with Gasteiger partial charge >= 0.3 is 12.1 Å². The van der Waals surface area contributed by atoms with E-state index in [1.807, 2.05) is 61.5 Å². The van der Waals surface area contributed by atoms with Crippen molar-refractivity contribution in [2.75, 3.05) is 20.7 Å². The molecule has 0 radical (unpaired) electrons. The lowest BCUT2D eigenvalue weighted by molar-refractivity contribution is -0.147. The zero-order chi connectivity index (χ0) is 23.8. The summed E-state index contributed by atoms with van der Waals surface area (Å²) in [6.07, 6.45) is 2.03. The molecule has 2 aromatic rings. The van der Waals surface area contributed by atoms with Gasteiger partial charge in [-0.2, -0.15) is 0 Å². The van der Waals surface area contributed by atoms with Crippen LogP contribution in [0.25, 0.3) is 0 Å². The van der Waals surface area contributed by atoms with Gasteiger partial charge in [-0.1, -0.05) is 62.7 Å². The Labute approximate surface area is 205 Å². The second kappa shape index (κ2) is 11.7. The zero-order valence-corrected chi connectivity index (χ0v) is 21.8. The van der Waals surface area contributed by atoms with Crippen LogP contribution >= 0.6 is 22.6 Å². The predicted octanol–water partition coefficient (Wildman–Crippen LogP) is 6.19. The Morgan fingerprint density at radius 1 is 0.969 bits per heavy atom. The number of nitrogens with zero attached hydrogens (tertiary/aromatic N) is 1. The van der Waals surface area contributed by atoms with Gasteiger partial charge in [-0.25, -0.2) is 4.79 Å². The van der Waals surface area contributed by atoms with Gasteiger partial charge in [-0.15, -0.1) is 0 Å². The average molecular weight is 551 g/mol. The summed E-state index contributed by atoms with van der Waals surface area (Å²) >= 11 is 2.26. The summed E-state index contributed by atoms with van der Waals surface area (Å²) in [5.74, 6) is -0.224. The molecule has 5 nitrogen and oxygen atoms in total. The Morgan fingerprint density at radius 2 is 1.59 bits per heavy atom. The number of hydrogen-bond donors (Lipinski definition) is 0. The third-order valence-corrected chi connectivity index (χ3v) is 6.55. The molecule has 0 bridgehead atoms. The Balaban J connectivity index is 1.91. The number of rotatable bonds is 10. The van der Waals surface area contributed by atoms with Crippen LogP contribution in [0.4, 0.5) is 4.79 Å². The number of hydrogen-bond acceptors (Lipinski definition) is 4. The molecule has 2 rings (SSSR count). The van der Waals surface area contributed by atoms with Gasteiger partial charge in [0, 0.05) is 17.2 Å². The number of carbonyl (C=O) groups excluding carboxylic acids is 2. The van der Waals surface area contributed by atoms with Crippen molar-refractivity contribution in [2.45, 2.75) is 52.1 Å². The van der Waals surface area contributed by atoms with Crippen LogP contribution in [-0.2, 0) is 26.3 Å². The van der Waals surface area contributed by atoms with E-state index in [2.05, 4.69) is 36.4 Å². The van der Waals surface area contributed by atoms with Crippen LogP contribution in [0.15, 0.2) is 54.6 Å². The van der Waals surface area contributed by atoms with Crippen LogP contribution in [0.3, 0.4) is 0 Å². The molecule has 174 valence electrons. The second-order valence-corrected chi connectivity index (χ2v) is 10.5. The number of carbonyl (C=O) groups is 2. The largest absolute Gasteiger partial charge is 0.468 e. The lowest BCUT2D eigenvalue weighted by atomic mass is 9.76. The van der Waals surface area contributed by atoms with E-state index in [1.165, 1.54) is 7.11 Å². The van der Waals surface area contributed by atoms with Crippen molar-refractivity contribution in [2.24, 2.45) is 5.41 Å². The van der Waals surface area contributed by atoms with Gasteiger partial charge in [-0.05, 0) is 71.0 Å². The standard InChI is InChI=1S/C26H34INO4/c1-25(2,19-28(4)24(30)32-18-20-10-7-6-8-11-20)16-9-17-26(3,23(29)31-5)21-12-14-22(27)15-13-21/h6-8,10-15H,9,16-19H2,1-5H3. The maximum atomic E-state index is 12.6. The lowest BCUT2D eigenvalue weighted by Gasteiger charge is -2.32. The monoisotopic (exact) mass is 551 g/mol. The number of esters is 1. The number of methoxy groups -OCH3 is 1. The predicted molar refractivity (Wildman–Crippen MR) is 135 cm³/mol. The highest BCUT2D eigenvalue weighted by atomic mass is 127. The SMILES string of the molecule is COC(=O)C(C)(CCCC(C)(C)CN(C)C(=O)OCc1ccccc1)c1ccc(I)cc1. The summed E-state index contributed by atoms with van der Waals surface area (Å²) in [6.45, 7) is 7.04. The summed E-state index contributed by atoms with van der Waals surface area (Å²) < 4.78 is 11.7. The molecule has 0 fully saturated rings. The summed E-state index contributed by atoms with van der Waals surface area (Å²) in [4.78, 5) is 26.7. The molecule has 32 heavy (non-hydrogen) atoms. The third-order valence-electron chi connectivity index (χ3n) is 5.83. The van der Waals surface area contributed by atoms with Gasteiger partial charge in [0.2, 0.25) is 0 Å². The van der Waals surface area contributed by atoms with Crippen molar-refractivity contribution in [1.29, 1.82) is 0 Å². The van der Waals surface area contributed by atoms with Gasteiger partial charge in [0.1, 0.15) is 6.61 Å². The lowest BCUT2D eigenvalue weighted by Crippen LogP contribution is -2.37. The molecule has 0 aliphatic heterocycles. The highest BCUT2D eigenvalue weighted by molar-refractivity contribution is 14.1. The highest BCUT2D eigenvalue weighted by Gasteiger charge is 2.36. The zero-order valence-electron chi connectivity index (χ0n) is 19.7. The Bertz CT molecular complexity index is 882. The first kappa shape index (κ1) is 26.2. The molecule has 0 saturated carbocycles. The minimum Gasteiger partial charge on any atom is -0.468 e. The first-order valence-corrected chi connectivity index (χ1v) is 11.9. The molecule has 0 saturated heterocycles. The van der Waals surface area contributed by atoms with Crippen molar-refractivity contribution in [3.05, 3.63) is 69.3 Å². The van der Waals surface area contributed by atoms with Crippen molar-refractivity contribution in [3.63, 3.8) is 0 Å². The van der Waals surface area contributed by atoms with Crippen molar-refractivity contribution >= 4 is 34.7 Å². The molecule has 1 atom stereocenters. The van der Waals surface area contributed by atoms with Crippen molar-refractivity contribution in [3.8, 4) is 0 Å². The Hall–Kier alpha value is -2.09. The minimum absolute atomic E-state index is 0.121. The normalized spacial score (nSPS) is 13.2. The number of amides is 1. The fourth-order valence-electron chi connectivity index (χ4n) is 3.94. The van der Waals surface area contributed by atoms with Crippen molar-refractivity contribution < 1.29 is 19.1 Å². The molecule has 6 heteroatoms. The van der Waals surface area contributed by atoms with E-state index in [9.17, 15) is 9.59 Å². The molecular formula is C26H34INO4. The van der Waals surface area contributed by atoms with E-state index in [0.29, 0.717) is 13.0 Å². The topological polar surface area (TPSA) is 55.8 Å². The molecule has 2 aromatic carbocycles. The third kappa shape index (κ3) is 7.50. The molecule has 1 amide bonds. The smallest absolute Gasteiger partial charge is 0.409 e. The highest BCUT2D eigenvalue weighted by Crippen LogP contribution is 2.34. The first-order valence-electron chi connectivity index (χ1n) is 10.8. The molecule has 1 unspecified atom stereocenters. The van der Waals surface area contributed by atoms with Crippen molar-refractivity contribution in [1.82, 2.24) is 4.90 Å². The molecule has 0 aliphatic rings. The molecule has 0 aliphatic carbocycles. The summed E-state index contributed by atoms with van der Waals surface area (Å²) in [5, 5.41) is 0. The van der Waals surface area contributed by atoms with E-state index in [1.54, 1.807) is 11.9 Å². The van der Waals surface area contributed by atoms with Crippen LogP contribution in [-0.4, -0.2) is 37.7 Å². The maximum Gasteiger partial charge on any atom is 0.409 e. The second-order valence-electron chi connectivity index (χ2n) is 9.24. The quantitative estimate of drug-likeness (QED) is 0.261.